The van der Waals surface area contributed by atoms with Gasteiger partial charge >= 0.3 is 0 Å². The van der Waals surface area contributed by atoms with Gasteiger partial charge < -0.3 is 10.2 Å². The molecule has 0 aliphatic carbocycles. The summed E-state index contributed by atoms with van der Waals surface area (Å²) < 4.78 is 5.42. The number of para-hydroxylation sites is 1. The molecule has 0 fully saturated rings. The molecule has 0 aliphatic heterocycles. The van der Waals surface area contributed by atoms with Gasteiger partial charge in [0.2, 0.25) is 5.88 Å². The number of carbonyl (C=O) groups is 1. The third kappa shape index (κ3) is 1.89. The SMILES string of the molecule is Cc1ccc(C(=O)c2c(N)oc3ccccc23)cc1. The Kier molecular flexibility index (Phi) is 2.60. The van der Waals surface area contributed by atoms with Gasteiger partial charge in [-0.25, -0.2) is 0 Å². The largest absolute Gasteiger partial charge is 0.440 e. The quantitative estimate of drug-likeness (QED) is 0.708. The Bertz CT molecular complexity index is 754. The number of ketones is 1. The first-order valence-corrected chi connectivity index (χ1v) is 6.05. The number of hydrogen-bond donors (Lipinski definition) is 1. The third-order valence-corrected chi connectivity index (χ3v) is 3.16. The fourth-order valence-corrected chi connectivity index (χ4v) is 2.15. The second-order valence-electron chi connectivity index (χ2n) is 4.53. The van der Waals surface area contributed by atoms with Crippen molar-refractivity contribution in [1.82, 2.24) is 0 Å². The Morgan fingerprint density at radius 3 is 2.47 bits per heavy atom. The molecule has 1 aromatic heterocycles. The van der Waals surface area contributed by atoms with E-state index in [4.69, 9.17) is 10.2 Å². The van der Waals surface area contributed by atoms with Gasteiger partial charge in [0.1, 0.15) is 5.58 Å². The Morgan fingerprint density at radius 1 is 1.05 bits per heavy atom. The molecular formula is C16H13NO2. The van der Waals surface area contributed by atoms with Crippen molar-refractivity contribution in [2.45, 2.75) is 6.92 Å². The zero-order valence-electron chi connectivity index (χ0n) is 10.5. The number of furan rings is 1. The molecule has 3 nitrogen and oxygen atoms in total. The maximum atomic E-state index is 12.5. The standard InChI is InChI=1S/C16H13NO2/c1-10-6-8-11(9-7-10)15(18)14-12-4-2-3-5-13(12)19-16(14)17/h2-9H,17H2,1H3. The van der Waals surface area contributed by atoms with E-state index in [2.05, 4.69) is 0 Å². The highest BCUT2D eigenvalue weighted by Gasteiger charge is 2.19. The second-order valence-corrected chi connectivity index (χ2v) is 4.53. The molecular weight excluding hydrogens is 238 g/mol. The summed E-state index contributed by atoms with van der Waals surface area (Å²) >= 11 is 0. The Balaban J connectivity index is 2.16. The fraction of sp³-hybridized carbons (Fsp3) is 0.0625. The lowest BCUT2D eigenvalue weighted by Crippen LogP contribution is -2.03. The summed E-state index contributed by atoms with van der Waals surface area (Å²) in [5.41, 5.74) is 8.64. The molecule has 0 atom stereocenters. The van der Waals surface area contributed by atoms with E-state index < -0.39 is 0 Å². The van der Waals surface area contributed by atoms with Crippen molar-refractivity contribution in [2.75, 3.05) is 5.73 Å². The number of carbonyl (C=O) groups excluding carboxylic acids is 1. The first-order chi connectivity index (χ1) is 9.16. The van der Waals surface area contributed by atoms with Crippen LogP contribution in [-0.4, -0.2) is 5.78 Å². The van der Waals surface area contributed by atoms with Crippen LogP contribution in [0.25, 0.3) is 11.0 Å². The molecule has 3 aromatic rings. The van der Waals surface area contributed by atoms with Gasteiger partial charge in [-0.2, -0.15) is 0 Å². The fourth-order valence-electron chi connectivity index (χ4n) is 2.15. The number of rotatable bonds is 2. The van der Waals surface area contributed by atoms with E-state index in [1.54, 1.807) is 18.2 Å². The summed E-state index contributed by atoms with van der Waals surface area (Å²) in [4.78, 5) is 12.5. The zero-order chi connectivity index (χ0) is 13.4. The van der Waals surface area contributed by atoms with E-state index in [1.165, 1.54) is 0 Å². The maximum absolute atomic E-state index is 12.5. The van der Waals surface area contributed by atoms with Crippen LogP contribution in [0.1, 0.15) is 21.5 Å². The summed E-state index contributed by atoms with van der Waals surface area (Å²) in [6.07, 6.45) is 0. The van der Waals surface area contributed by atoms with Crippen molar-refractivity contribution in [2.24, 2.45) is 0 Å². The van der Waals surface area contributed by atoms with Crippen molar-refractivity contribution in [3.8, 4) is 0 Å². The van der Waals surface area contributed by atoms with Gasteiger partial charge in [0.25, 0.3) is 0 Å². The highest BCUT2D eigenvalue weighted by molar-refractivity contribution is 6.18. The van der Waals surface area contributed by atoms with Crippen LogP contribution in [0.2, 0.25) is 0 Å². The normalized spacial score (nSPS) is 10.8. The minimum Gasteiger partial charge on any atom is -0.440 e. The van der Waals surface area contributed by atoms with Gasteiger partial charge in [-0.1, -0.05) is 48.0 Å². The summed E-state index contributed by atoms with van der Waals surface area (Å²) in [6, 6.07) is 14.8. The Hall–Kier alpha value is -2.55. The van der Waals surface area contributed by atoms with Crippen molar-refractivity contribution >= 4 is 22.6 Å². The van der Waals surface area contributed by atoms with Crippen LogP contribution in [0.4, 0.5) is 5.88 Å². The van der Waals surface area contributed by atoms with Gasteiger partial charge in [-0.3, -0.25) is 4.79 Å². The van der Waals surface area contributed by atoms with Crippen LogP contribution in [0.5, 0.6) is 0 Å². The van der Waals surface area contributed by atoms with E-state index in [0.29, 0.717) is 16.7 Å². The van der Waals surface area contributed by atoms with Crippen LogP contribution >= 0.6 is 0 Å². The average molecular weight is 251 g/mol. The number of anilines is 1. The number of hydrogen-bond acceptors (Lipinski definition) is 3. The molecule has 0 unspecified atom stereocenters. The van der Waals surface area contributed by atoms with Gasteiger partial charge in [-0.15, -0.1) is 0 Å². The molecule has 0 bridgehead atoms. The van der Waals surface area contributed by atoms with E-state index in [-0.39, 0.29) is 11.7 Å². The van der Waals surface area contributed by atoms with Crippen molar-refractivity contribution in [1.29, 1.82) is 0 Å². The van der Waals surface area contributed by atoms with Gasteiger partial charge in [-0.05, 0) is 13.0 Å². The molecule has 0 spiro atoms. The number of aryl methyl sites for hydroxylation is 1. The lowest BCUT2D eigenvalue weighted by molar-refractivity contribution is 0.104. The van der Waals surface area contributed by atoms with Crippen LogP contribution in [-0.2, 0) is 0 Å². The summed E-state index contributed by atoms with van der Waals surface area (Å²) in [5, 5.41) is 0.755. The van der Waals surface area contributed by atoms with E-state index >= 15 is 0 Å². The molecule has 0 radical (unpaired) electrons. The molecule has 0 amide bonds. The Labute approximate surface area is 110 Å². The molecule has 0 saturated carbocycles. The van der Waals surface area contributed by atoms with Crippen LogP contribution in [0.3, 0.4) is 0 Å². The molecule has 19 heavy (non-hydrogen) atoms. The van der Waals surface area contributed by atoms with E-state index in [1.807, 2.05) is 37.3 Å². The predicted octanol–water partition coefficient (Wildman–Crippen LogP) is 3.55. The minimum absolute atomic E-state index is 0.109. The second kappa shape index (κ2) is 4.28. The first-order valence-electron chi connectivity index (χ1n) is 6.05. The van der Waals surface area contributed by atoms with Crippen LogP contribution in [0, 0.1) is 6.92 Å². The van der Waals surface area contributed by atoms with Crippen molar-refractivity contribution < 1.29 is 9.21 Å². The number of nitrogen functional groups attached to an aromatic ring is 1. The third-order valence-electron chi connectivity index (χ3n) is 3.16. The van der Waals surface area contributed by atoms with E-state index in [9.17, 15) is 4.79 Å². The highest BCUT2D eigenvalue weighted by atomic mass is 16.3. The predicted molar refractivity (Wildman–Crippen MR) is 75.2 cm³/mol. The molecule has 3 rings (SSSR count). The van der Waals surface area contributed by atoms with Crippen molar-refractivity contribution in [3.63, 3.8) is 0 Å². The number of benzene rings is 2. The lowest BCUT2D eigenvalue weighted by Gasteiger charge is -2.01. The van der Waals surface area contributed by atoms with Crippen LogP contribution < -0.4 is 5.73 Å². The smallest absolute Gasteiger partial charge is 0.202 e. The average Bonchev–Trinajstić information content (AvgIpc) is 2.74. The summed E-state index contributed by atoms with van der Waals surface area (Å²) in [5.74, 6) is 0.0641. The van der Waals surface area contributed by atoms with Gasteiger partial charge in [0.15, 0.2) is 5.78 Å². The summed E-state index contributed by atoms with van der Waals surface area (Å²) in [6.45, 7) is 1.98. The van der Waals surface area contributed by atoms with E-state index in [0.717, 1.165) is 10.9 Å². The van der Waals surface area contributed by atoms with Gasteiger partial charge in [0, 0.05) is 10.9 Å². The molecule has 1 heterocycles. The number of fused-ring (bicyclic) bond motifs is 1. The number of nitrogens with two attached hydrogens (primary N) is 1. The van der Waals surface area contributed by atoms with Crippen molar-refractivity contribution in [3.05, 3.63) is 65.2 Å². The highest BCUT2D eigenvalue weighted by Crippen LogP contribution is 2.29. The van der Waals surface area contributed by atoms with Gasteiger partial charge in [0.05, 0.1) is 5.56 Å². The molecule has 3 heteroatoms. The zero-order valence-corrected chi connectivity index (χ0v) is 10.5. The van der Waals surface area contributed by atoms with Crippen LogP contribution in [0.15, 0.2) is 52.9 Å². The topological polar surface area (TPSA) is 56.2 Å². The monoisotopic (exact) mass is 251 g/mol. The molecule has 0 aliphatic rings. The lowest BCUT2D eigenvalue weighted by atomic mass is 10.0. The molecule has 2 N–H and O–H groups in total. The molecule has 0 saturated heterocycles. The maximum Gasteiger partial charge on any atom is 0.202 e. The minimum atomic E-state index is -0.109. The Morgan fingerprint density at radius 2 is 1.74 bits per heavy atom. The first kappa shape index (κ1) is 11.5. The summed E-state index contributed by atoms with van der Waals surface area (Å²) in [7, 11) is 0. The molecule has 94 valence electrons. The molecule has 2 aromatic carbocycles.